The number of halogens is 1. The molecule has 0 heterocycles. The molecule has 0 N–H and O–H groups in total. The zero-order chi connectivity index (χ0) is 25.4. The summed E-state index contributed by atoms with van der Waals surface area (Å²) in [6.45, 7) is -3.47. The Labute approximate surface area is 241 Å². The molecular weight excluding hydrogens is 555 g/mol. The minimum absolute atomic E-state index is 0. The first-order valence-corrected chi connectivity index (χ1v) is 15.6. The maximum atomic E-state index is 2.38. The Hall–Kier alpha value is -3.77. The molecule has 0 radical (unpaired) electrons. The number of benzene rings is 6. The van der Waals surface area contributed by atoms with Crippen LogP contribution in [-0.4, -0.2) is 0 Å². The van der Waals surface area contributed by atoms with E-state index in [2.05, 4.69) is 170 Å². The topological polar surface area (TPSA) is 0 Å². The van der Waals surface area contributed by atoms with Crippen LogP contribution in [0.25, 0.3) is 11.1 Å². The van der Waals surface area contributed by atoms with Crippen LogP contribution in [0, 0.1) is 0 Å². The molecule has 0 unspecified atom stereocenters. The molecule has 1 aliphatic carbocycles. The first-order valence-electron chi connectivity index (χ1n) is 13.3. The van der Waals surface area contributed by atoms with Gasteiger partial charge in [-0.05, 0) is 0 Å². The normalized spacial score (nSPS) is 13.4. The van der Waals surface area contributed by atoms with Crippen LogP contribution in [0.4, 0.5) is 0 Å². The van der Waals surface area contributed by atoms with E-state index >= 15 is 0 Å². The van der Waals surface area contributed by atoms with Crippen molar-refractivity contribution in [2.24, 2.45) is 0 Å². The van der Waals surface area contributed by atoms with Crippen molar-refractivity contribution >= 4 is 44.8 Å². The van der Waals surface area contributed by atoms with Crippen molar-refractivity contribution in [2.45, 2.75) is 5.66 Å². The van der Waals surface area contributed by atoms with Crippen LogP contribution in [0.2, 0.25) is 0 Å². The summed E-state index contributed by atoms with van der Waals surface area (Å²) in [6, 6.07) is 63.6. The second-order valence-corrected chi connectivity index (χ2v) is 15.1. The second-order valence-electron chi connectivity index (χ2n) is 10.1. The van der Waals surface area contributed by atoms with Crippen LogP contribution in [0.5, 0.6) is 0 Å². The number of hydrogen-bond donors (Lipinski definition) is 0. The van der Waals surface area contributed by atoms with Gasteiger partial charge in [0.05, 0.1) is 0 Å². The van der Waals surface area contributed by atoms with Crippen molar-refractivity contribution in [3.05, 3.63) is 181 Å². The fourth-order valence-electron chi connectivity index (χ4n) is 7.13. The molecule has 6 aromatic rings. The summed E-state index contributed by atoms with van der Waals surface area (Å²) < 4.78 is 0. The summed E-state index contributed by atoms with van der Waals surface area (Å²) in [5.41, 5.74) is 5.64. The van der Waals surface area contributed by atoms with Crippen molar-refractivity contribution in [2.75, 3.05) is 0 Å². The molecule has 39 heavy (non-hydrogen) atoms. The van der Waals surface area contributed by atoms with Gasteiger partial charge < -0.3 is 0 Å². The Morgan fingerprint density at radius 2 is 0.564 bits per heavy atom. The summed E-state index contributed by atoms with van der Waals surface area (Å²) in [7, 11) is 0. The molecule has 7 rings (SSSR count). The van der Waals surface area contributed by atoms with Gasteiger partial charge in [-0.2, -0.15) is 0 Å². The average Bonchev–Trinajstić information content (AvgIpc) is 3.36. The Morgan fingerprint density at radius 3 is 0.872 bits per heavy atom. The molecule has 1 aliphatic rings. The molecule has 0 saturated heterocycles. The average molecular weight is 586 g/mol. The van der Waals surface area contributed by atoms with E-state index in [1.165, 1.54) is 43.5 Å². The third-order valence-electron chi connectivity index (χ3n) is 8.49. The number of hydrogen-bond acceptors (Lipinski definition) is 0. The summed E-state index contributed by atoms with van der Waals surface area (Å²) in [6.07, 6.45) is 0. The molecule has 2 heteroatoms. The zero-order valence-electron chi connectivity index (χ0n) is 21.6. The quantitative estimate of drug-likeness (QED) is 0.179. The van der Waals surface area contributed by atoms with Crippen LogP contribution in [0.15, 0.2) is 170 Å². The first kappa shape index (κ1) is 25.5. The number of rotatable bonds is 5. The standard InChI is InChI=1S/C37H29P.BrH/c1-5-17-29(18-6-1)38(30-19-7-2-8-20-30,31-21-9-3-10-22-31,32-23-11-4-12-24-32)37-35-27-15-13-25-33(35)34-26-14-16-28-36(34)37;/h1-28,37H;1H. The molecule has 0 aliphatic heterocycles. The molecule has 0 spiro atoms. The van der Waals surface area contributed by atoms with Gasteiger partial charge in [0.15, 0.2) is 0 Å². The Morgan fingerprint density at radius 1 is 0.308 bits per heavy atom. The van der Waals surface area contributed by atoms with Crippen molar-refractivity contribution < 1.29 is 0 Å². The minimum atomic E-state index is -3.47. The van der Waals surface area contributed by atoms with Crippen molar-refractivity contribution in [3.63, 3.8) is 0 Å². The second kappa shape index (κ2) is 10.1. The molecular formula is C37H30BrP. The number of fused-ring (bicyclic) bond motifs is 3. The Balaban J connectivity index is 0.00000277. The van der Waals surface area contributed by atoms with E-state index < -0.39 is 6.60 Å². The Bertz CT molecular complexity index is 1500. The Kier molecular flexibility index (Phi) is 6.59. The SMILES string of the molecule is Br.c1ccc(P(c2ccccc2)(c2ccccc2)(c2ccccc2)C2c3ccccc3-c3ccccc32)cc1. The third kappa shape index (κ3) is 3.40. The molecule has 6 aromatic carbocycles. The van der Waals surface area contributed by atoms with Crippen LogP contribution >= 0.6 is 23.6 Å². The first-order chi connectivity index (χ1) is 18.9. The van der Waals surface area contributed by atoms with E-state index in [0.717, 1.165) is 0 Å². The van der Waals surface area contributed by atoms with Gasteiger partial charge in [-0.25, -0.2) is 0 Å². The molecule has 0 fully saturated rings. The fraction of sp³-hybridized carbons (Fsp3) is 0.0270. The summed E-state index contributed by atoms with van der Waals surface area (Å²) in [5, 5.41) is 5.55. The van der Waals surface area contributed by atoms with Gasteiger partial charge in [-0.1, -0.05) is 0 Å². The molecule has 0 saturated carbocycles. The van der Waals surface area contributed by atoms with Crippen molar-refractivity contribution in [1.29, 1.82) is 0 Å². The van der Waals surface area contributed by atoms with E-state index in [9.17, 15) is 0 Å². The molecule has 0 aromatic heterocycles. The van der Waals surface area contributed by atoms with E-state index in [1.807, 2.05) is 0 Å². The van der Waals surface area contributed by atoms with E-state index in [0.29, 0.717) is 0 Å². The predicted molar refractivity (Wildman–Crippen MR) is 175 cm³/mol. The van der Waals surface area contributed by atoms with E-state index in [-0.39, 0.29) is 22.6 Å². The van der Waals surface area contributed by atoms with E-state index in [1.54, 1.807) is 0 Å². The van der Waals surface area contributed by atoms with Gasteiger partial charge in [0.1, 0.15) is 0 Å². The van der Waals surface area contributed by atoms with Gasteiger partial charge in [-0.15, -0.1) is 17.0 Å². The van der Waals surface area contributed by atoms with Gasteiger partial charge in [0.2, 0.25) is 0 Å². The third-order valence-corrected chi connectivity index (χ3v) is 15.6. The molecule has 0 bridgehead atoms. The van der Waals surface area contributed by atoms with Crippen LogP contribution in [0.3, 0.4) is 0 Å². The van der Waals surface area contributed by atoms with Gasteiger partial charge in [0, 0.05) is 0 Å². The van der Waals surface area contributed by atoms with Gasteiger partial charge in [0.25, 0.3) is 0 Å². The van der Waals surface area contributed by atoms with Crippen LogP contribution in [0.1, 0.15) is 16.8 Å². The summed E-state index contributed by atoms with van der Waals surface area (Å²) >= 11 is 0. The summed E-state index contributed by atoms with van der Waals surface area (Å²) in [4.78, 5) is 0. The maximum absolute atomic E-state index is 3.47. The fourth-order valence-corrected chi connectivity index (χ4v) is 14.8. The van der Waals surface area contributed by atoms with Crippen LogP contribution in [-0.2, 0) is 0 Å². The monoisotopic (exact) mass is 584 g/mol. The van der Waals surface area contributed by atoms with Crippen molar-refractivity contribution in [1.82, 2.24) is 0 Å². The molecule has 190 valence electrons. The predicted octanol–water partition coefficient (Wildman–Crippen LogP) is 8.19. The van der Waals surface area contributed by atoms with E-state index in [4.69, 9.17) is 0 Å². The van der Waals surface area contributed by atoms with Gasteiger partial charge >= 0.3 is 226 Å². The zero-order valence-corrected chi connectivity index (χ0v) is 24.2. The van der Waals surface area contributed by atoms with Gasteiger partial charge in [-0.3, -0.25) is 0 Å². The molecule has 0 atom stereocenters. The van der Waals surface area contributed by atoms with Crippen LogP contribution < -0.4 is 21.2 Å². The van der Waals surface area contributed by atoms with Crippen molar-refractivity contribution in [3.8, 4) is 11.1 Å². The molecule has 0 nitrogen and oxygen atoms in total. The molecule has 0 amide bonds. The summed E-state index contributed by atoms with van der Waals surface area (Å²) in [5.74, 6) is 0.